The van der Waals surface area contributed by atoms with Gasteiger partial charge in [0.2, 0.25) is 0 Å². The van der Waals surface area contributed by atoms with Crippen LogP contribution in [0.25, 0.3) is 0 Å². The van der Waals surface area contributed by atoms with E-state index in [9.17, 15) is 8.42 Å². The lowest BCUT2D eigenvalue weighted by Gasteiger charge is -2.37. The third-order valence-electron chi connectivity index (χ3n) is 4.47. The molecule has 1 aliphatic carbocycles. The van der Waals surface area contributed by atoms with Gasteiger partial charge >= 0.3 is 0 Å². The predicted molar refractivity (Wildman–Crippen MR) is 77.1 cm³/mol. The molecule has 1 saturated heterocycles. The second-order valence-corrected chi connectivity index (χ2v) is 8.07. The van der Waals surface area contributed by atoms with E-state index in [0.717, 1.165) is 25.8 Å². The highest BCUT2D eigenvalue weighted by Gasteiger charge is 2.39. The van der Waals surface area contributed by atoms with Gasteiger partial charge < -0.3 is 5.32 Å². The van der Waals surface area contributed by atoms with Crippen LogP contribution in [0, 0.1) is 11.8 Å². The van der Waals surface area contributed by atoms with E-state index >= 15 is 0 Å². The third kappa shape index (κ3) is 3.48. The van der Waals surface area contributed by atoms with Crippen LogP contribution in [0.5, 0.6) is 0 Å². The van der Waals surface area contributed by atoms with Crippen LogP contribution >= 0.6 is 0 Å². The summed E-state index contributed by atoms with van der Waals surface area (Å²) in [6.07, 6.45) is 4.24. The lowest BCUT2D eigenvalue weighted by Crippen LogP contribution is -2.52. The van der Waals surface area contributed by atoms with Crippen molar-refractivity contribution in [2.24, 2.45) is 11.8 Å². The molecule has 2 aliphatic rings. The molecule has 2 rings (SSSR count). The molecule has 0 radical (unpaired) electrons. The Hall–Kier alpha value is -0.170. The number of hydrogen-bond acceptors (Lipinski definition) is 3. The van der Waals surface area contributed by atoms with Crippen LogP contribution in [0.15, 0.2) is 0 Å². The zero-order valence-corrected chi connectivity index (χ0v) is 13.1. The largest absolute Gasteiger partial charge is 0.318 e. The Morgan fingerprint density at radius 1 is 1.37 bits per heavy atom. The molecule has 5 nitrogen and oxygen atoms in total. The fourth-order valence-corrected chi connectivity index (χ4v) is 4.63. The number of nitrogens with one attached hydrogen (secondary N) is 1. The summed E-state index contributed by atoms with van der Waals surface area (Å²) in [7, 11) is 0.326. The van der Waals surface area contributed by atoms with Crippen LogP contribution in [0.4, 0.5) is 0 Å². The van der Waals surface area contributed by atoms with Crippen molar-refractivity contribution in [3.63, 3.8) is 0 Å². The molecular weight excluding hydrogens is 262 g/mol. The molecule has 3 unspecified atom stereocenters. The first-order valence-electron chi connectivity index (χ1n) is 7.34. The van der Waals surface area contributed by atoms with Gasteiger partial charge in [0.25, 0.3) is 10.2 Å². The molecule has 0 aromatic heterocycles. The predicted octanol–water partition coefficient (Wildman–Crippen LogP) is 0.893. The maximum atomic E-state index is 12.7. The fraction of sp³-hybridized carbons (Fsp3) is 1.00. The number of piperidine rings is 1. The van der Waals surface area contributed by atoms with E-state index in [2.05, 4.69) is 12.2 Å². The summed E-state index contributed by atoms with van der Waals surface area (Å²) in [5, 5.41) is 3.11. The first-order valence-corrected chi connectivity index (χ1v) is 8.74. The van der Waals surface area contributed by atoms with Gasteiger partial charge in [-0.1, -0.05) is 13.3 Å². The highest BCUT2D eigenvalue weighted by Crippen LogP contribution is 2.38. The van der Waals surface area contributed by atoms with Crippen LogP contribution in [0.2, 0.25) is 0 Å². The Bertz CT molecular complexity index is 397. The van der Waals surface area contributed by atoms with E-state index in [0.29, 0.717) is 24.9 Å². The van der Waals surface area contributed by atoms with Crippen molar-refractivity contribution in [2.75, 3.05) is 33.7 Å². The van der Waals surface area contributed by atoms with Gasteiger partial charge in [-0.3, -0.25) is 0 Å². The normalized spacial score (nSPS) is 32.7. The molecule has 0 aromatic rings. The SMILES string of the molecule is CNCC1CCCCN1S(=O)(=O)N(C)CC1CC1C. The first kappa shape index (κ1) is 15.2. The quantitative estimate of drug-likeness (QED) is 0.790. The highest BCUT2D eigenvalue weighted by atomic mass is 32.2. The second kappa shape index (κ2) is 6.08. The zero-order chi connectivity index (χ0) is 14.0. The lowest BCUT2D eigenvalue weighted by atomic mass is 10.1. The topological polar surface area (TPSA) is 52.7 Å². The number of rotatable bonds is 6. The van der Waals surface area contributed by atoms with Crippen molar-refractivity contribution in [1.29, 1.82) is 0 Å². The van der Waals surface area contributed by atoms with E-state index < -0.39 is 10.2 Å². The molecule has 19 heavy (non-hydrogen) atoms. The minimum absolute atomic E-state index is 0.114. The molecule has 1 aliphatic heterocycles. The molecule has 2 fully saturated rings. The van der Waals surface area contributed by atoms with Crippen molar-refractivity contribution in [1.82, 2.24) is 13.9 Å². The summed E-state index contributed by atoms with van der Waals surface area (Å²) in [5.41, 5.74) is 0. The lowest BCUT2D eigenvalue weighted by molar-refractivity contribution is 0.232. The number of hydrogen-bond donors (Lipinski definition) is 1. The summed E-state index contributed by atoms with van der Waals surface area (Å²) < 4.78 is 28.6. The Morgan fingerprint density at radius 3 is 2.63 bits per heavy atom. The molecule has 1 heterocycles. The zero-order valence-electron chi connectivity index (χ0n) is 12.3. The van der Waals surface area contributed by atoms with Crippen molar-refractivity contribution < 1.29 is 8.42 Å². The van der Waals surface area contributed by atoms with Crippen molar-refractivity contribution in [2.45, 2.75) is 38.6 Å². The summed E-state index contributed by atoms with van der Waals surface area (Å²) in [4.78, 5) is 0. The van der Waals surface area contributed by atoms with E-state index in [1.165, 1.54) is 6.42 Å². The van der Waals surface area contributed by atoms with Gasteiger partial charge in [0.15, 0.2) is 0 Å². The average molecular weight is 289 g/mol. The molecule has 0 bridgehead atoms. The van der Waals surface area contributed by atoms with E-state index in [1.54, 1.807) is 15.7 Å². The maximum Gasteiger partial charge on any atom is 0.282 e. The van der Waals surface area contributed by atoms with Gasteiger partial charge in [0, 0.05) is 32.7 Å². The Balaban J connectivity index is 2.03. The van der Waals surface area contributed by atoms with Crippen molar-refractivity contribution in [3.8, 4) is 0 Å². The molecule has 0 aromatic carbocycles. The maximum absolute atomic E-state index is 12.7. The molecule has 3 atom stereocenters. The monoisotopic (exact) mass is 289 g/mol. The standard InChI is InChI=1S/C13H27N3O2S/c1-11-8-12(11)10-15(3)19(17,18)16-7-5-4-6-13(16)9-14-2/h11-14H,4-10H2,1-3H3. The van der Waals surface area contributed by atoms with Crippen LogP contribution in [-0.4, -0.2) is 56.8 Å². The molecule has 0 spiro atoms. The average Bonchev–Trinajstić information content (AvgIpc) is 3.05. The summed E-state index contributed by atoms with van der Waals surface area (Å²) in [5.74, 6) is 1.25. The van der Waals surface area contributed by atoms with Crippen LogP contribution < -0.4 is 5.32 Å². The summed E-state index contributed by atoms with van der Waals surface area (Å²) in [6.45, 7) is 4.27. The van der Waals surface area contributed by atoms with E-state index in [4.69, 9.17) is 0 Å². The van der Waals surface area contributed by atoms with Gasteiger partial charge in [0.1, 0.15) is 0 Å². The van der Waals surface area contributed by atoms with Gasteiger partial charge in [0.05, 0.1) is 0 Å². The van der Waals surface area contributed by atoms with Crippen LogP contribution in [0.1, 0.15) is 32.6 Å². The number of nitrogens with zero attached hydrogens (tertiary/aromatic N) is 2. The Kier molecular flexibility index (Phi) is 4.87. The Labute approximate surface area is 117 Å². The van der Waals surface area contributed by atoms with Crippen LogP contribution in [-0.2, 0) is 10.2 Å². The number of likely N-dealkylation sites (N-methyl/N-ethyl adjacent to an activating group) is 1. The van der Waals surface area contributed by atoms with Gasteiger partial charge in [-0.2, -0.15) is 17.0 Å². The molecule has 0 amide bonds. The highest BCUT2D eigenvalue weighted by molar-refractivity contribution is 7.86. The van der Waals surface area contributed by atoms with Gasteiger partial charge in [-0.15, -0.1) is 0 Å². The minimum atomic E-state index is -3.29. The van der Waals surface area contributed by atoms with E-state index in [1.807, 2.05) is 7.05 Å². The fourth-order valence-electron chi connectivity index (χ4n) is 2.97. The van der Waals surface area contributed by atoms with Crippen molar-refractivity contribution in [3.05, 3.63) is 0 Å². The van der Waals surface area contributed by atoms with Gasteiger partial charge in [-0.25, -0.2) is 0 Å². The first-order chi connectivity index (χ1) is 8.96. The van der Waals surface area contributed by atoms with Gasteiger partial charge in [-0.05, 0) is 38.1 Å². The molecule has 6 heteroatoms. The minimum Gasteiger partial charge on any atom is -0.318 e. The Morgan fingerprint density at radius 2 is 2.05 bits per heavy atom. The van der Waals surface area contributed by atoms with Crippen LogP contribution in [0.3, 0.4) is 0 Å². The molecule has 1 N–H and O–H groups in total. The molecule has 1 saturated carbocycles. The molecule has 112 valence electrons. The second-order valence-electron chi connectivity index (χ2n) is 6.08. The summed E-state index contributed by atoms with van der Waals surface area (Å²) >= 11 is 0. The smallest absolute Gasteiger partial charge is 0.282 e. The van der Waals surface area contributed by atoms with Crippen molar-refractivity contribution >= 4 is 10.2 Å². The molecular formula is C13H27N3O2S. The third-order valence-corrected chi connectivity index (χ3v) is 6.48. The summed E-state index contributed by atoms with van der Waals surface area (Å²) in [6, 6.07) is 0.114. The van der Waals surface area contributed by atoms with E-state index in [-0.39, 0.29) is 6.04 Å².